The van der Waals surface area contributed by atoms with Gasteiger partial charge in [-0.25, -0.2) is 0 Å². The van der Waals surface area contributed by atoms with Gasteiger partial charge in [0.05, 0.1) is 0 Å². The largest absolute Gasteiger partial charge is 0.110 e. The number of hydrogen-bond acceptors (Lipinski definition) is 0. The molecule has 50 valence electrons. The normalized spacial score (nSPS) is 20.1. The predicted octanol–water partition coefficient (Wildman–Crippen LogP) is 2.88. The Labute approximate surface area is 59.2 Å². The van der Waals surface area contributed by atoms with Crippen molar-refractivity contribution in [2.24, 2.45) is 0 Å². The van der Waals surface area contributed by atoms with Gasteiger partial charge in [-0.15, -0.1) is 9.24 Å². The molecule has 0 bridgehead atoms. The zero-order chi connectivity index (χ0) is 6.85. The van der Waals surface area contributed by atoms with E-state index in [2.05, 4.69) is 29.2 Å². The van der Waals surface area contributed by atoms with Crippen molar-refractivity contribution in [3.63, 3.8) is 0 Å². The van der Waals surface area contributed by atoms with Crippen LogP contribution in [-0.2, 0) is 0 Å². The quantitative estimate of drug-likeness (QED) is 0.454. The Bertz CT molecular complexity index is 175. The van der Waals surface area contributed by atoms with E-state index < -0.39 is 0 Å². The Morgan fingerprint density at radius 3 is 2.44 bits per heavy atom. The van der Waals surface area contributed by atoms with E-state index in [0.29, 0.717) is 0 Å². The van der Waals surface area contributed by atoms with E-state index in [9.17, 15) is 0 Å². The van der Waals surface area contributed by atoms with Gasteiger partial charge in [-0.1, -0.05) is 22.5 Å². The van der Waals surface area contributed by atoms with E-state index in [1.165, 1.54) is 23.7 Å². The lowest BCUT2D eigenvalue weighted by molar-refractivity contribution is 0.928. The molecule has 0 heterocycles. The smallest absolute Gasteiger partial charge is 0.0242 e. The van der Waals surface area contributed by atoms with Crippen LogP contribution in [0, 0.1) is 0 Å². The van der Waals surface area contributed by atoms with E-state index >= 15 is 0 Å². The zero-order valence-corrected chi connectivity index (χ0v) is 7.22. The van der Waals surface area contributed by atoms with Crippen LogP contribution < -0.4 is 0 Å². The Balaban J connectivity index is 2.83. The highest BCUT2D eigenvalue weighted by Crippen LogP contribution is 2.26. The third kappa shape index (κ3) is 1.66. The van der Waals surface area contributed by atoms with E-state index in [4.69, 9.17) is 0 Å². The van der Waals surface area contributed by atoms with Crippen LogP contribution in [0.2, 0.25) is 0 Å². The van der Waals surface area contributed by atoms with E-state index in [1.54, 1.807) is 5.57 Å². The van der Waals surface area contributed by atoms with Crippen LogP contribution in [0.3, 0.4) is 0 Å². The first-order valence-electron chi connectivity index (χ1n) is 3.32. The fraction of sp³-hybridized carbons (Fsp3) is 0.500. The molecule has 1 unspecified atom stereocenters. The first-order chi connectivity index (χ1) is 4.20. The molecular weight excluding hydrogens is 127 g/mol. The van der Waals surface area contributed by atoms with E-state index in [1.807, 2.05) is 0 Å². The van der Waals surface area contributed by atoms with Crippen molar-refractivity contribution < 1.29 is 0 Å². The van der Waals surface area contributed by atoms with Crippen LogP contribution in [0.15, 0.2) is 22.5 Å². The van der Waals surface area contributed by atoms with Crippen molar-refractivity contribution in [3.8, 4) is 0 Å². The molecule has 0 fully saturated rings. The molecule has 0 aromatic carbocycles. The standard InChI is InChI=1S/C8H13P/c1-6-3-4-8(9)5-7(6)2/h5H,3-4,9H2,1-2H3. The summed E-state index contributed by atoms with van der Waals surface area (Å²) in [5.41, 5.74) is 2.99. The molecular formula is C8H13P. The topological polar surface area (TPSA) is 0 Å². The van der Waals surface area contributed by atoms with Gasteiger partial charge in [-0.3, -0.25) is 0 Å². The summed E-state index contributed by atoms with van der Waals surface area (Å²) < 4.78 is 0. The van der Waals surface area contributed by atoms with Gasteiger partial charge < -0.3 is 0 Å². The molecule has 0 saturated carbocycles. The van der Waals surface area contributed by atoms with Crippen LogP contribution in [0.4, 0.5) is 0 Å². The predicted molar refractivity (Wildman–Crippen MR) is 45.4 cm³/mol. The third-order valence-electron chi connectivity index (χ3n) is 1.86. The van der Waals surface area contributed by atoms with Gasteiger partial charge in [0, 0.05) is 0 Å². The zero-order valence-electron chi connectivity index (χ0n) is 6.07. The van der Waals surface area contributed by atoms with Gasteiger partial charge in [-0.2, -0.15) is 0 Å². The van der Waals surface area contributed by atoms with E-state index in [0.717, 1.165) is 0 Å². The molecule has 0 spiro atoms. The summed E-state index contributed by atoms with van der Waals surface area (Å²) in [6.45, 7) is 4.39. The Kier molecular flexibility index (Phi) is 2.08. The highest BCUT2D eigenvalue weighted by atomic mass is 31.0. The monoisotopic (exact) mass is 140 g/mol. The van der Waals surface area contributed by atoms with Gasteiger partial charge in [0.2, 0.25) is 0 Å². The van der Waals surface area contributed by atoms with Crippen LogP contribution in [0.25, 0.3) is 0 Å². The summed E-state index contributed by atoms with van der Waals surface area (Å²) in [7, 11) is 2.77. The lowest BCUT2D eigenvalue weighted by Crippen LogP contribution is -1.89. The Morgan fingerprint density at radius 2 is 2.00 bits per heavy atom. The van der Waals surface area contributed by atoms with Crippen LogP contribution in [-0.4, -0.2) is 0 Å². The summed E-state index contributed by atoms with van der Waals surface area (Å²) >= 11 is 0. The fourth-order valence-electron chi connectivity index (χ4n) is 1.00. The molecule has 1 rings (SSSR count). The minimum atomic E-state index is 1.23. The van der Waals surface area contributed by atoms with Crippen LogP contribution >= 0.6 is 9.24 Å². The van der Waals surface area contributed by atoms with Crippen molar-refractivity contribution >= 4 is 9.24 Å². The van der Waals surface area contributed by atoms with Crippen molar-refractivity contribution in [1.29, 1.82) is 0 Å². The third-order valence-corrected chi connectivity index (χ3v) is 2.32. The molecule has 1 aliphatic carbocycles. The van der Waals surface area contributed by atoms with Crippen molar-refractivity contribution in [1.82, 2.24) is 0 Å². The molecule has 1 heteroatoms. The highest BCUT2D eigenvalue weighted by molar-refractivity contribution is 7.22. The first kappa shape index (κ1) is 7.02. The summed E-state index contributed by atoms with van der Waals surface area (Å²) in [4.78, 5) is 0. The average Bonchev–Trinajstić information content (AvgIpc) is 1.80. The second-order valence-electron chi connectivity index (χ2n) is 2.68. The van der Waals surface area contributed by atoms with Gasteiger partial charge in [0.25, 0.3) is 0 Å². The van der Waals surface area contributed by atoms with Gasteiger partial charge >= 0.3 is 0 Å². The highest BCUT2D eigenvalue weighted by Gasteiger charge is 2.02. The Morgan fingerprint density at radius 1 is 1.33 bits per heavy atom. The molecule has 0 aliphatic heterocycles. The Hall–Kier alpha value is -0.0900. The molecule has 0 nitrogen and oxygen atoms in total. The second kappa shape index (κ2) is 2.66. The maximum Gasteiger partial charge on any atom is -0.0242 e. The minimum absolute atomic E-state index is 1.23. The van der Waals surface area contributed by atoms with Crippen molar-refractivity contribution in [2.45, 2.75) is 26.7 Å². The SMILES string of the molecule is CC1=C(C)CCC(P)=C1. The van der Waals surface area contributed by atoms with Crippen LogP contribution in [0.5, 0.6) is 0 Å². The summed E-state index contributed by atoms with van der Waals surface area (Å²) in [6, 6.07) is 0. The molecule has 1 aliphatic rings. The maximum atomic E-state index is 2.77. The first-order valence-corrected chi connectivity index (χ1v) is 3.90. The van der Waals surface area contributed by atoms with Gasteiger partial charge in [0.1, 0.15) is 0 Å². The summed E-state index contributed by atoms with van der Waals surface area (Å²) in [5.74, 6) is 0. The molecule has 9 heavy (non-hydrogen) atoms. The molecule has 0 saturated heterocycles. The van der Waals surface area contributed by atoms with Gasteiger partial charge in [0.15, 0.2) is 0 Å². The maximum absolute atomic E-state index is 2.77. The minimum Gasteiger partial charge on any atom is -0.110 e. The van der Waals surface area contributed by atoms with Crippen LogP contribution in [0.1, 0.15) is 26.7 Å². The second-order valence-corrected chi connectivity index (χ2v) is 3.42. The number of hydrogen-bond donors (Lipinski definition) is 0. The molecule has 0 amide bonds. The van der Waals surface area contributed by atoms with Gasteiger partial charge in [-0.05, 0) is 26.7 Å². The molecule has 0 N–H and O–H groups in total. The number of allylic oxidation sites excluding steroid dienone is 4. The van der Waals surface area contributed by atoms with Crippen molar-refractivity contribution in [2.75, 3.05) is 0 Å². The molecule has 0 radical (unpaired) electrons. The molecule has 0 aromatic heterocycles. The molecule has 1 atom stereocenters. The fourth-order valence-corrected chi connectivity index (χ4v) is 1.40. The average molecular weight is 140 g/mol. The summed E-state index contributed by atoms with van der Waals surface area (Å²) in [6.07, 6.45) is 4.73. The molecule has 0 aromatic rings. The summed E-state index contributed by atoms with van der Waals surface area (Å²) in [5, 5.41) is 1.44. The lowest BCUT2D eigenvalue weighted by Gasteiger charge is -2.11. The number of rotatable bonds is 0. The van der Waals surface area contributed by atoms with E-state index in [-0.39, 0.29) is 0 Å². The lowest BCUT2D eigenvalue weighted by atomic mass is 10.0. The van der Waals surface area contributed by atoms with Crippen molar-refractivity contribution in [3.05, 3.63) is 22.5 Å².